The van der Waals surface area contributed by atoms with Gasteiger partial charge in [0.05, 0.1) is 0 Å². The molecule has 0 aromatic heterocycles. The average Bonchev–Trinajstić information content (AvgIpc) is 2.30. The molecule has 0 heterocycles. The Bertz CT molecular complexity index is 129. The average molecular weight is 240 g/mol. The number of hydrogen-bond acceptors (Lipinski definition) is 0. The molecule has 0 aliphatic carbocycles. The molecule has 0 fully saturated rings. The van der Waals surface area contributed by atoms with Crippen LogP contribution in [0.5, 0.6) is 0 Å². The SMILES string of the molecule is CCCCCCC[CH](CCC)[Al]([CH2]C)[CH2]C. The summed E-state index contributed by atoms with van der Waals surface area (Å²) in [4.78, 5) is 0. The first kappa shape index (κ1) is 16.5. The largest absolute Gasteiger partial charge is 0.264 e. The molecule has 0 radical (unpaired) electrons. The van der Waals surface area contributed by atoms with Crippen molar-refractivity contribution in [1.29, 1.82) is 0 Å². The fourth-order valence-corrected chi connectivity index (χ4v) is 6.37. The zero-order valence-electron chi connectivity index (χ0n) is 12.2. The van der Waals surface area contributed by atoms with Crippen molar-refractivity contribution in [2.45, 2.75) is 94.4 Å². The maximum absolute atomic E-state index is 2.43. The first-order valence-corrected chi connectivity index (χ1v) is 10.1. The van der Waals surface area contributed by atoms with Crippen LogP contribution in [0.4, 0.5) is 0 Å². The highest BCUT2D eigenvalue weighted by atomic mass is 27.2. The van der Waals surface area contributed by atoms with Gasteiger partial charge in [0.15, 0.2) is 0 Å². The van der Waals surface area contributed by atoms with Crippen molar-refractivity contribution < 1.29 is 0 Å². The van der Waals surface area contributed by atoms with E-state index in [9.17, 15) is 0 Å². The van der Waals surface area contributed by atoms with Gasteiger partial charge in [0.2, 0.25) is 0 Å². The highest BCUT2D eigenvalue weighted by Gasteiger charge is 2.22. The summed E-state index contributed by atoms with van der Waals surface area (Å²) in [5.74, 6) is 0. The van der Waals surface area contributed by atoms with Crippen molar-refractivity contribution in [1.82, 2.24) is 0 Å². The molecule has 0 N–H and O–H groups in total. The summed E-state index contributed by atoms with van der Waals surface area (Å²) >= 11 is -0.384. The van der Waals surface area contributed by atoms with E-state index in [1.165, 1.54) is 55.5 Å². The van der Waals surface area contributed by atoms with Crippen LogP contribution in [0.25, 0.3) is 0 Å². The summed E-state index contributed by atoms with van der Waals surface area (Å²) in [5.41, 5.74) is 0. The van der Waals surface area contributed by atoms with E-state index in [1.807, 2.05) is 0 Å². The second-order valence-electron chi connectivity index (χ2n) is 5.33. The summed E-state index contributed by atoms with van der Waals surface area (Å²) in [6.45, 7) is 9.53. The lowest BCUT2D eigenvalue weighted by Crippen LogP contribution is -2.18. The zero-order chi connectivity index (χ0) is 12.2. The number of rotatable bonds is 11. The van der Waals surface area contributed by atoms with E-state index in [2.05, 4.69) is 27.7 Å². The summed E-state index contributed by atoms with van der Waals surface area (Å²) in [6, 6.07) is 0. The van der Waals surface area contributed by atoms with Crippen LogP contribution in [0, 0.1) is 0 Å². The third-order valence-electron chi connectivity index (χ3n) is 4.05. The van der Waals surface area contributed by atoms with Crippen LogP contribution < -0.4 is 0 Å². The van der Waals surface area contributed by atoms with Gasteiger partial charge in [-0.15, -0.1) is 0 Å². The van der Waals surface area contributed by atoms with Gasteiger partial charge in [0.1, 0.15) is 0 Å². The Kier molecular flexibility index (Phi) is 12.4. The Balaban J connectivity index is 3.74. The third-order valence-corrected chi connectivity index (χ3v) is 8.15. The van der Waals surface area contributed by atoms with Crippen LogP contribution in [0.1, 0.15) is 79.1 Å². The summed E-state index contributed by atoms with van der Waals surface area (Å²) in [6.07, 6.45) is 11.8. The number of hydrogen-bond donors (Lipinski definition) is 0. The lowest BCUT2D eigenvalue weighted by molar-refractivity contribution is 0.564. The molecule has 0 aromatic rings. The smallest absolute Gasteiger partial charge is 0.0965 e. The maximum Gasteiger partial charge on any atom is 0.264 e. The fourth-order valence-electron chi connectivity index (χ4n) is 2.95. The van der Waals surface area contributed by atoms with E-state index in [-0.39, 0.29) is 14.1 Å². The topological polar surface area (TPSA) is 0 Å². The van der Waals surface area contributed by atoms with Gasteiger partial charge < -0.3 is 0 Å². The minimum absolute atomic E-state index is 0.384. The molecular formula is C15H33Al. The normalized spacial score (nSPS) is 12.8. The van der Waals surface area contributed by atoms with E-state index in [1.54, 1.807) is 6.42 Å². The molecule has 0 saturated heterocycles. The first-order chi connectivity index (χ1) is 7.79. The minimum atomic E-state index is -0.384. The third kappa shape index (κ3) is 7.75. The molecular weight excluding hydrogens is 207 g/mol. The highest BCUT2D eigenvalue weighted by Crippen LogP contribution is 2.28. The van der Waals surface area contributed by atoms with E-state index in [4.69, 9.17) is 0 Å². The molecule has 0 nitrogen and oxygen atoms in total. The summed E-state index contributed by atoms with van der Waals surface area (Å²) < 4.78 is 1.15. The van der Waals surface area contributed by atoms with Crippen molar-refractivity contribution in [3.05, 3.63) is 0 Å². The van der Waals surface area contributed by atoms with Crippen molar-refractivity contribution >= 4 is 14.1 Å². The van der Waals surface area contributed by atoms with Crippen LogP contribution in [-0.4, -0.2) is 14.1 Å². The molecule has 0 bridgehead atoms. The molecule has 0 spiro atoms. The highest BCUT2D eigenvalue weighted by molar-refractivity contribution is 6.60. The van der Waals surface area contributed by atoms with Gasteiger partial charge in [0.25, 0.3) is 14.1 Å². The van der Waals surface area contributed by atoms with Crippen LogP contribution >= 0.6 is 0 Å². The van der Waals surface area contributed by atoms with Gasteiger partial charge in [-0.05, 0) is 0 Å². The van der Waals surface area contributed by atoms with Crippen LogP contribution in [-0.2, 0) is 0 Å². The molecule has 16 heavy (non-hydrogen) atoms. The van der Waals surface area contributed by atoms with Crippen LogP contribution in [0.15, 0.2) is 0 Å². The van der Waals surface area contributed by atoms with E-state index >= 15 is 0 Å². The molecule has 1 atom stereocenters. The van der Waals surface area contributed by atoms with Crippen LogP contribution in [0.3, 0.4) is 0 Å². The zero-order valence-corrected chi connectivity index (χ0v) is 13.4. The molecule has 96 valence electrons. The van der Waals surface area contributed by atoms with Crippen molar-refractivity contribution in [2.75, 3.05) is 0 Å². The lowest BCUT2D eigenvalue weighted by Gasteiger charge is -2.21. The van der Waals surface area contributed by atoms with E-state index < -0.39 is 0 Å². The van der Waals surface area contributed by atoms with Gasteiger partial charge in [-0.25, -0.2) is 0 Å². The van der Waals surface area contributed by atoms with Gasteiger partial charge in [-0.3, -0.25) is 0 Å². The Morgan fingerprint density at radius 2 is 1.31 bits per heavy atom. The van der Waals surface area contributed by atoms with E-state index in [0.717, 1.165) is 4.78 Å². The Labute approximate surface area is 109 Å². The summed E-state index contributed by atoms with van der Waals surface area (Å²) in [7, 11) is 0. The second-order valence-corrected chi connectivity index (χ2v) is 9.42. The minimum Gasteiger partial charge on any atom is -0.0965 e. The Morgan fingerprint density at radius 3 is 1.81 bits per heavy atom. The van der Waals surface area contributed by atoms with Gasteiger partial charge >= 0.3 is 0 Å². The molecule has 0 aliphatic heterocycles. The molecule has 0 aromatic carbocycles. The van der Waals surface area contributed by atoms with Crippen LogP contribution in [0.2, 0.25) is 15.3 Å². The molecule has 0 aliphatic rings. The van der Waals surface area contributed by atoms with E-state index in [0.29, 0.717) is 0 Å². The predicted octanol–water partition coefficient (Wildman–Crippen LogP) is 6.05. The molecule has 1 unspecified atom stereocenters. The Morgan fingerprint density at radius 1 is 0.688 bits per heavy atom. The molecule has 0 saturated carbocycles. The summed E-state index contributed by atoms with van der Waals surface area (Å²) in [5, 5.41) is 3.05. The molecule has 1 heteroatoms. The standard InChI is InChI=1S/C11H23.2C2H5.Al/c1-3-5-7-9-11-10-8-6-4-2;2*1-2;/h7H,3-6,8-11H2,1-2H3;2*1H2,2H3;. The first-order valence-electron chi connectivity index (χ1n) is 7.79. The van der Waals surface area contributed by atoms with Crippen molar-refractivity contribution in [3.8, 4) is 0 Å². The molecule has 0 rings (SSSR count). The molecule has 0 amide bonds. The van der Waals surface area contributed by atoms with Gasteiger partial charge in [-0.1, -0.05) is 94.4 Å². The van der Waals surface area contributed by atoms with Gasteiger partial charge in [-0.2, -0.15) is 0 Å². The monoisotopic (exact) mass is 240 g/mol. The maximum atomic E-state index is 2.43. The fraction of sp³-hybridized carbons (Fsp3) is 1.00. The van der Waals surface area contributed by atoms with Crippen molar-refractivity contribution in [3.63, 3.8) is 0 Å². The number of unbranched alkanes of at least 4 members (excludes halogenated alkanes) is 4. The predicted molar refractivity (Wildman–Crippen MR) is 78.8 cm³/mol. The van der Waals surface area contributed by atoms with Gasteiger partial charge in [0, 0.05) is 0 Å². The Hall–Kier alpha value is 0.532. The quantitative estimate of drug-likeness (QED) is 0.304. The van der Waals surface area contributed by atoms with Crippen molar-refractivity contribution in [2.24, 2.45) is 0 Å². The lowest BCUT2D eigenvalue weighted by atomic mass is 10.1. The second kappa shape index (κ2) is 12.0.